The Kier molecular flexibility index (Phi) is 7.11. The summed E-state index contributed by atoms with van der Waals surface area (Å²) in [5.41, 5.74) is 1.24. The minimum atomic E-state index is 0.140. The van der Waals surface area contributed by atoms with Crippen molar-refractivity contribution in [3.63, 3.8) is 0 Å². The highest BCUT2D eigenvalue weighted by Crippen LogP contribution is 2.11. The lowest BCUT2D eigenvalue weighted by Crippen LogP contribution is -1.99. The van der Waals surface area contributed by atoms with Gasteiger partial charge in [-0.1, -0.05) is 18.6 Å². The molecule has 2 heteroatoms. The molecular formula is C10H20O2. The summed E-state index contributed by atoms with van der Waals surface area (Å²) >= 11 is 0. The van der Waals surface area contributed by atoms with Crippen LogP contribution in [0, 0.1) is 5.92 Å². The fourth-order valence-corrected chi connectivity index (χ4v) is 1.08. The summed E-state index contributed by atoms with van der Waals surface area (Å²) in [7, 11) is 0. The molecule has 0 rings (SSSR count). The Bertz CT molecular complexity index is 130. The van der Waals surface area contributed by atoms with E-state index in [1.165, 1.54) is 5.57 Å². The average Bonchev–Trinajstić information content (AvgIpc) is 2.04. The maximum absolute atomic E-state index is 8.75. The molecule has 1 unspecified atom stereocenters. The predicted octanol–water partition coefficient (Wildman–Crippen LogP) is 1.72. The third-order valence-electron chi connectivity index (χ3n) is 2.02. The van der Waals surface area contributed by atoms with Crippen LogP contribution in [0.25, 0.3) is 0 Å². The van der Waals surface area contributed by atoms with Crippen LogP contribution >= 0.6 is 0 Å². The predicted molar refractivity (Wildman–Crippen MR) is 50.9 cm³/mol. The number of hydrogen-bond donors (Lipinski definition) is 2. The minimum absolute atomic E-state index is 0.140. The lowest BCUT2D eigenvalue weighted by Gasteiger charge is -2.06. The second-order valence-electron chi connectivity index (χ2n) is 3.41. The third kappa shape index (κ3) is 6.38. The summed E-state index contributed by atoms with van der Waals surface area (Å²) < 4.78 is 0. The maximum Gasteiger partial charge on any atom is 0.0614 e. The van der Waals surface area contributed by atoms with Crippen LogP contribution < -0.4 is 0 Å². The highest BCUT2D eigenvalue weighted by Gasteiger charge is 1.99. The monoisotopic (exact) mass is 172 g/mol. The van der Waals surface area contributed by atoms with Crippen molar-refractivity contribution >= 4 is 0 Å². The Morgan fingerprint density at radius 1 is 1.42 bits per heavy atom. The van der Waals surface area contributed by atoms with Crippen LogP contribution in [0.5, 0.6) is 0 Å². The molecule has 0 spiro atoms. The Hall–Kier alpha value is -0.340. The second kappa shape index (κ2) is 7.32. The van der Waals surface area contributed by atoms with Crippen LogP contribution in [0.4, 0.5) is 0 Å². The van der Waals surface area contributed by atoms with Gasteiger partial charge in [0.2, 0.25) is 0 Å². The maximum atomic E-state index is 8.75. The molecular weight excluding hydrogens is 152 g/mol. The molecule has 72 valence electrons. The normalized spacial score (nSPS) is 14.8. The van der Waals surface area contributed by atoms with E-state index in [-0.39, 0.29) is 13.2 Å². The number of allylic oxidation sites excluding steroid dienone is 1. The summed E-state index contributed by atoms with van der Waals surface area (Å²) in [6, 6.07) is 0. The summed E-state index contributed by atoms with van der Waals surface area (Å²) in [5, 5.41) is 17.3. The molecule has 12 heavy (non-hydrogen) atoms. The van der Waals surface area contributed by atoms with Crippen LogP contribution in [0.1, 0.15) is 33.1 Å². The number of aliphatic hydroxyl groups is 2. The van der Waals surface area contributed by atoms with Gasteiger partial charge in [-0.3, -0.25) is 0 Å². The molecule has 1 atom stereocenters. The molecule has 0 aromatic heterocycles. The molecule has 0 amide bonds. The summed E-state index contributed by atoms with van der Waals surface area (Å²) in [6.07, 6.45) is 5.03. The standard InChI is InChI=1S/C10H20O2/c1-9(6-7-11)4-3-5-10(2)8-12/h6,10-12H,3-5,7-8H2,1-2H3/b9-6-. The fourth-order valence-electron chi connectivity index (χ4n) is 1.08. The van der Waals surface area contributed by atoms with Gasteiger partial charge in [0.25, 0.3) is 0 Å². The summed E-state index contributed by atoms with van der Waals surface area (Å²) in [5.74, 6) is 0.409. The van der Waals surface area contributed by atoms with Crippen molar-refractivity contribution in [1.29, 1.82) is 0 Å². The number of aliphatic hydroxyl groups excluding tert-OH is 2. The van der Waals surface area contributed by atoms with E-state index in [4.69, 9.17) is 10.2 Å². The van der Waals surface area contributed by atoms with E-state index in [0.29, 0.717) is 5.92 Å². The van der Waals surface area contributed by atoms with Crippen LogP contribution in [0.15, 0.2) is 11.6 Å². The lowest BCUT2D eigenvalue weighted by atomic mass is 10.0. The SMILES string of the molecule is C/C(=C/CO)CCCC(C)CO. The molecule has 0 aliphatic carbocycles. The molecule has 0 saturated heterocycles. The van der Waals surface area contributed by atoms with Gasteiger partial charge in [0.15, 0.2) is 0 Å². The van der Waals surface area contributed by atoms with Crippen molar-refractivity contribution in [2.75, 3.05) is 13.2 Å². The largest absolute Gasteiger partial charge is 0.396 e. The van der Waals surface area contributed by atoms with E-state index >= 15 is 0 Å². The van der Waals surface area contributed by atoms with Gasteiger partial charge >= 0.3 is 0 Å². The van der Waals surface area contributed by atoms with Crippen molar-refractivity contribution in [3.05, 3.63) is 11.6 Å². The first-order valence-corrected chi connectivity index (χ1v) is 4.58. The first kappa shape index (κ1) is 11.7. The Morgan fingerprint density at radius 3 is 2.58 bits per heavy atom. The van der Waals surface area contributed by atoms with E-state index < -0.39 is 0 Å². The highest BCUT2D eigenvalue weighted by atomic mass is 16.3. The number of rotatable bonds is 6. The van der Waals surface area contributed by atoms with E-state index in [1.807, 2.05) is 19.9 Å². The van der Waals surface area contributed by atoms with Gasteiger partial charge in [0.05, 0.1) is 6.61 Å². The van der Waals surface area contributed by atoms with Crippen molar-refractivity contribution in [2.45, 2.75) is 33.1 Å². The fraction of sp³-hybridized carbons (Fsp3) is 0.800. The van der Waals surface area contributed by atoms with Gasteiger partial charge in [0, 0.05) is 6.61 Å². The zero-order valence-electron chi connectivity index (χ0n) is 8.08. The van der Waals surface area contributed by atoms with E-state index in [2.05, 4.69) is 0 Å². The van der Waals surface area contributed by atoms with Crippen molar-refractivity contribution in [1.82, 2.24) is 0 Å². The molecule has 0 radical (unpaired) electrons. The van der Waals surface area contributed by atoms with Gasteiger partial charge in [-0.2, -0.15) is 0 Å². The minimum Gasteiger partial charge on any atom is -0.396 e. The highest BCUT2D eigenvalue weighted by molar-refractivity contribution is 4.97. The average molecular weight is 172 g/mol. The van der Waals surface area contributed by atoms with Gasteiger partial charge in [-0.15, -0.1) is 0 Å². The topological polar surface area (TPSA) is 40.5 Å². The van der Waals surface area contributed by atoms with Gasteiger partial charge < -0.3 is 10.2 Å². The van der Waals surface area contributed by atoms with E-state index in [0.717, 1.165) is 19.3 Å². The first-order valence-electron chi connectivity index (χ1n) is 4.58. The molecule has 0 aromatic rings. The molecule has 0 fully saturated rings. The molecule has 2 N–H and O–H groups in total. The lowest BCUT2D eigenvalue weighted by molar-refractivity contribution is 0.228. The van der Waals surface area contributed by atoms with Crippen LogP contribution in [-0.2, 0) is 0 Å². The van der Waals surface area contributed by atoms with Gasteiger partial charge in [0.1, 0.15) is 0 Å². The van der Waals surface area contributed by atoms with Crippen LogP contribution in [0.2, 0.25) is 0 Å². The molecule has 0 saturated carbocycles. The van der Waals surface area contributed by atoms with Gasteiger partial charge in [-0.25, -0.2) is 0 Å². The van der Waals surface area contributed by atoms with Crippen LogP contribution in [0.3, 0.4) is 0 Å². The van der Waals surface area contributed by atoms with E-state index in [9.17, 15) is 0 Å². The molecule has 0 heterocycles. The van der Waals surface area contributed by atoms with Crippen LogP contribution in [-0.4, -0.2) is 23.4 Å². The Balaban J connectivity index is 3.36. The Morgan fingerprint density at radius 2 is 2.08 bits per heavy atom. The molecule has 0 aliphatic rings. The zero-order valence-corrected chi connectivity index (χ0v) is 8.08. The molecule has 0 bridgehead atoms. The third-order valence-corrected chi connectivity index (χ3v) is 2.02. The molecule has 2 nitrogen and oxygen atoms in total. The van der Waals surface area contributed by atoms with Crippen molar-refractivity contribution in [3.8, 4) is 0 Å². The van der Waals surface area contributed by atoms with E-state index in [1.54, 1.807) is 0 Å². The molecule has 0 aromatic carbocycles. The van der Waals surface area contributed by atoms with Gasteiger partial charge in [-0.05, 0) is 32.1 Å². The van der Waals surface area contributed by atoms with Crippen molar-refractivity contribution < 1.29 is 10.2 Å². The smallest absolute Gasteiger partial charge is 0.0614 e. The number of hydrogen-bond acceptors (Lipinski definition) is 2. The quantitative estimate of drug-likeness (QED) is 0.599. The zero-order chi connectivity index (χ0) is 9.40. The molecule has 0 aliphatic heterocycles. The summed E-state index contributed by atoms with van der Waals surface area (Å²) in [4.78, 5) is 0. The first-order chi connectivity index (χ1) is 5.70. The van der Waals surface area contributed by atoms with Crippen molar-refractivity contribution in [2.24, 2.45) is 5.92 Å². The Labute approximate surface area is 74.9 Å². The second-order valence-corrected chi connectivity index (χ2v) is 3.41. The summed E-state index contributed by atoms with van der Waals surface area (Å²) in [6.45, 7) is 4.50.